The van der Waals surface area contributed by atoms with Gasteiger partial charge in [0.05, 0.1) is 18.2 Å². The topological polar surface area (TPSA) is 82.5 Å². The van der Waals surface area contributed by atoms with Gasteiger partial charge in [-0.2, -0.15) is 13.9 Å². The molecule has 25 heavy (non-hydrogen) atoms. The highest BCUT2D eigenvalue weighted by molar-refractivity contribution is 6.32. The van der Waals surface area contributed by atoms with Crippen molar-refractivity contribution < 1.29 is 23.0 Å². The van der Waals surface area contributed by atoms with Gasteiger partial charge in [-0.1, -0.05) is 11.6 Å². The number of anilines is 1. The third-order valence-corrected chi connectivity index (χ3v) is 3.31. The maximum Gasteiger partial charge on any atom is 0.387 e. The molecule has 1 aromatic carbocycles. The van der Waals surface area contributed by atoms with Gasteiger partial charge in [-0.3, -0.25) is 9.59 Å². The number of carbonyl (C=O) groups excluding carboxylic acids is 1. The van der Waals surface area contributed by atoms with Crippen LogP contribution in [0.4, 0.5) is 14.5 Å². The largest absolute Gasteiger partial charge is 0.433 e. The summed E-state index contributed by atoms with van der Waals surface area (Å²) < 4.78 is 34.6. The van der Waals surface area contributed by atoms with Crippen molar-refractivity contribution in [3.63, 3.8) is 0 Å². The van der Waals surface area contributed by atoms with E-state index in [0.717, 1.165) is 4.68 Å². The molecule has 0 aliphatic carbocycles. The number of aromatic nitrogens is 2. The quantitative estimate of drug-likeness (QED) is 0.805. The summed E-state index contributed by atoms with van der Waals surface area (Å²) in [5, 5.41) is 6.36. The second-order valence-electron chi connectivity index (χ2n) is 4.75. The number of alkyl halides is 2. The summed E-state index contributed by atoms with van der Waals surface area (Å²) in [5.41, 5.74) is -0.113. The lowest BCUT2D eigenvalue weighted by atomic mass is 10.3. The van der Waals surface area contributed by atoms with Gasteiger partial charge < -0.3 is 14.8 Å². The normalized spacial score (nSPS) is 10.8. The molecule has 134 valence electrons. The molecular weight excluding hydrogens is 360 g/mol. The zero-order chi connectivity index (χ0) is 18.4. The average molecular weight is 374 g/mol. The number of methoxy groups -OCH3 is 1. The van der Waals surface area contributed by atoms with Crippen LogP contribution in [0.5, 0.6) is 5.75 Å². The number of hydrogen-bond acceptors (Lipinski definition) is 5. The first kappa shape index (κ1) is 18.8. The Bertz CT molecular complexity index is 814. The number of hydrogen-bond donors (Lipinski definition) is 1. The number of benzene rings is 1. The van der Waals surface area contributed by atoms with Crippen LogP contribution in [0.3, 0.4) is 0 Å². The molecule has 0 aliphatic heterocycles. The second kappa shape index (κ2) is 8.54. The molecule has 0 saturated carbocycles. The summed E-state index contributed by atoms with van der Waals surface area (Å²) in [7, 11) is 1.48. The van der Waals surface area contributed by atoms with Crippen molar-refractivity contribution in [2.75, 3.05) is 19.0 Å². The number of nitrogens with one attached hydrogen (secondary N) is 1. The van der Waals surface area contributed by atoms with Gasteiger partial charge in [-0.05, 0) is 24.3 Å². The Morgan fingerprint density at radius 3 is 2.76 bits per heavy atom. The van der Waals surface area contributed by atoms with E-state index >= 15 is 0 Å². The Morgan fingerprint density at radius 2 is 2.12 bits per heavy atom. The first-order valence-corrected chi connectivity index (χ1v) is 7.41. The van der Waals surface area contributed by atoms with E-state index in [-0.39, 0.29) is 40.9 Å². The summed E-state index contributed by atoms with van der Waals surface area (Å²) in [5.74, 6) is -0.800. The smallest absolute Gasteiger partial charge is 0.387 e. The zero-order valence-electron chi connectivity index (χ0n) is 13.0. The molecule has 0 saturated heterocycles. The van der Waals surface area contributed by atoms with Crippen LogP contribution in [0, 0.1) is 0 Å². The number of nitrogens with zero attached hydrogens (tertiary/aromatic N) is 2. The molecule has 0 fully saturated rings. The molecule has 1 heterocycles. The summed E-state index contributed by atoms with van der Waals surface area (Å²) in [6, 6.07) is 6.30. The van der Waals surface area contributed by atoms with Crippen molar-refractivity contribution >= 4 is 23.2 Å². The van der Waals surface area contributed by atoms with Crippen LogP contribution in [0.2, 0.25) is 5.02 Å². The van der Waals surface area contributed by atoms with Crippen molar-refractivity contribution in [3.8, 4) is 5.75 Å². The fourth-order valence-electron chi connectivity index (χ4n) is 1.87. The number of ether oxygens (including phenoxy) is 2. The van der Waals surface area contributed by atoms with Crippen molar-refractivity contribution in [1.82, 2.24) is 9.78 Å². The van der Waals surface area contributed by atoms with Gasteiger partial charge in [-0.25, -0.2) is 4.68 Å². The average Bonchev–Trinajstić information content (AvgIpc) is 2.56. The van der Waals surface area contributed by atoms with Crippen LogP contribution in [0.25, 0.3) is 0 Å². The Labute approximate surface area is 146 Å². The molecule has 1 aromatic heterocycles. The monoisotopic (exact) mass is 373 g/mol. The van der Waals surface area contributed by atoms with E-state index in [1.54, 1.807) is 0 Å². The summed E-state index contributed by atoms with van der Waals surface area (Å²) in [6.07, 6.45) is 0. The van der Waals surface area contributed by atoms with Crippen molar-refractivity contribution in [2.45, 2.75) is 13.2 Å². The fourth-order valence-corrected chi connectivity index (χ4v) is 2.10. The molecule has 7 nitrogen and oxygen atoms in total. The SMILES string of the molecule is COCCn1nc(C(=O)Nc2ccc(OC(F)F)c(Cl)c2)ccc1=O. The van der Waals surface area contributed by atoms with Gasteiger partial charge in [0.25, 0.3) is 11.5 Å². The molecule has 0 spiro atoms. The summed E-state index contributed by atoms with van der Waals surface area (Å²) in [4.78, 5) is 23.9. The first-order chi connectivity index (χ1) is 11.9. The Balaban J connectivity index is 2.14. The zero-order valence-corrected chi connectivity index (χ0v) is 13.8. The molecule has 1 N–H and O–H groups in total. The predicted octanol–water partition coefficient (Wildman–Crippen LogP) is 2.40. The van der Waals surface area contributed by atoms with Crippen LogP contribution in [0.1, 0.15) is 10.5 Å². The van der Waals surface area contributed by atoms with Gasteiger partial charge >= 0.3 is 6.61 Å². The van der Waals surface area contributed by atoms with E-state index in [0.29, 0.717) is 0 Å². The molecule has 0 aliphatic rings. The molecule has 0 bridgehead atoms. The van der Waals surface area contributed by atoms with Gasteiger partial charge in [0.15, 0.2) is 0 Å². The van der Waals surface area contributed by atoms with E-state index in [1.807, 2.05) is 0 Å². The maximum atomic E-state index is 12.2. The molecule has 0 atom stereocenters. The van der Waals surface area contributed by atoms with Gasteiger partial charge in [-0.15, -0.1) is 0 Å². The lowest BCUT2D eigenvalue weighted by Crippen LogP contribution is -2.27. The number of halogens is 3. The van der Waals surface area contributed by atoms with Crippen LogP contribution in [-0.2, 0) is 11.3 Å². The number of carbonyl (C=O) groups is 1. The predicted molar refractivity (Wildman–Crippen MR) is 86.4 cm³/mol. The lowest BCUT2D eigenvalue weighted by Gasteiger charge is -2.10. The standard InChI is InChI=1S/C15H14ClF2N3O4/c1-24-7-6-21-13(22)5-3-11(20-21)14(23)19-9-2-4-12(10(16)8-9)25-15(17)18/h2-5,8,15H,6-7H2,1H3,(H,19,23). The molecular formula is C15H14ClF2N3O4. The van der Waals surface area contributed by atoms with Crippen molar-refractivity contribution in [2.24, 2.45) is 0 Å². The molecule has 1 amide bonds. The van der Waals surface area contributed by atoms with Crippen molar-refractivity contribution in [3.05, 3.63) is 51.4 Å². The molecule has 0 radical (unpaired) electrons. The first-order valence-electron chi connectivity index (χ1n) is 7.03. The Hall–Kier alpha value is -2.52. The summed E-state index contributed by atoms with van der Waals surface area (Å²) >= 11 is 5.82. The Morgan fingerprint density at radius 1 is 1.36 bits per heavy atom. The van der Waals surface area contributed by atoms with Gasteiger partial charge in [0, 0.05) is 18.9 Å². The van der Waals surface area contributed by atoms with Crippen LogP contribution in [0.15, 0.2) is 35.1 Å². The highest BCUT2D eigenvalue weighted by Gasteiger charge is 2.13. The van der Waals surface area contributed by atoms with E-state index in [2.05, 4.69) is 15.2 Å². The van der Waals surface area contributed by atoms with Gasteiger partial charge in [0.2, 0.25) is 0 Å². The molecule has 2 aromatic rings. The van der Waals surface area contributed by atoms with E-state index in [4.69, 9.17) is 16.3 Å². The fraction of sp³-hybridized carbons (Fsp3) is 0.267. The van der Waals surface area contributed by atoms with E-state index in [9.17, 15) is 18.4 Å². The third kappa shape index (κ3) is 5.23. The minimum Gasteiger partial charge on any atom is -0.433 e. The van der Waals surface area contributed by atoms with E-state index in [1.165, 1.54) is 37.4 Å². The summed E-state index contributed by atoms with van der Waals surface area (Å²) in [6.45, 7) is -2.54. The molecule has 2 rings (SSSR count). The highest BCUT2D eigenvalue weighted by atomic mass is 35.5. The Kier molecular flexibility index (Phi) is 6.43. The van der Waals surface area contributed by atoms with Crippen LogP contribution in [-0.4, -0.2) is 36.0 Å². The maximum absolute atomic E-state index is 12.2. The minimum atomic E-state index is -3.00. The second-order valence-corrected chi connectivity index (χ2v) is 5.16. The van der Waals surface area contributed by atoms with Crippen LogP contribution >= 0.6 is 11.6 Å². The number of rotatable bonds is 7. The minimum absolute atomic E-state index is 0.000248. The number of amides is 1. The van der Waals surface area contributed by atoms with E-state index < -0.39 is 12.5 Å². The third-order valence-electron chi connectivity index (χ3n) is 3.01. The van der Waals surface area contributed by atoms with Gasteiger partial charge in [0.1, 0.15) is 11.4 Å². The lowest BCUT2D eigenvalue weighted by molar-refractivity contribution is -0.0497. The molecule has 0 unspecified atom stereocenters. The highest BCUT2D eigenvalue weighted by Crippen LogP contribution is 2.29. The van der Waals surface area contributed by atoms with Crippen LogP contribution < -0.4 is 15.6 Å². The molecule has 10 heteroatoms. The van der Waals surface area contributed by atoms with Crippen molar-refractivity contribution in [1.29, 1.82) is 0 Å².